The van der Waals surface area contributed by atoms with Gasteiger partial charge in [-0.2, -0.15) is 5.10 Å². The molecule has 1 fully saturated rings. The summed E-state index contributed by atoms with van der Waals surface area (Å²) in [4.78, 5) is 12.5. The van der Waals surface area contributed by atoms with Crippen LogP contribution in [0.15, 0.2) is 47.6 Å². The topological polar surface area (TPSA) is 93.2 Å². The van der Waals surface area contributed by atoms with Crippen molar-refractivity contribution in [2.45, 2.75) is 32.4 Å². The summed E-state index contributed by atoms with van der Waals surface area (Å²) in [5.74, 6) is 1.88. The van der Waals surface area contributed by atoms with Gasteiger partial charge in [-0.3, -0.25) is 4.79 Å². The van der Waals surface area contributed by atoms with E-state index in [1.165, 1.54) is 0 Å². The molecule has 2 aromatic carbocycles. The van der Waals surface area contributed by atoms with Crippen LogP contribution >= 0.6 is 0 Å². The van der Waals surface area contributed by atoms with Crippen LogP contribution in [0.5, 0.6) is 17.2 Å². The summed E-state index contributed by atoms with van der Waals surface area (Å²) in [7, 11) is 3.16. The second-order valence-corrected chi connectivity index (χ2v) is 6.87. The number of rotatable bonds is 8. The average molecular weight is 412 g/mol. The van der Waals surface area contributed by atoms with E-state index in [4.69, 9.17) is 14.2 Å². The van der Waals surface area contributed by atoms with E-state index in [9.17, 15) is 4.79 Å². The van der Waals surface area contributed by atoms with Crippen molar-refractivity contribution in [3.63, 3.8) is 0 Å². The standard InChI is InChI=1S/C22H28N4O4/c1-5-30-17-9-6-15(7-10-17)18-13-19(25-24-18)22(27)26-23-14(2)16-8-11-20(28-3)21(12-16)29-4/h6-12,18-19,24-25H,5,13H2,1-4H3,(H,26,27)/b23-14+. The highest BCUT2D eigenvalue weighted by atomic mass is 16.5. The number of hydrazone groups is 1. The molecule has 0 aromatic heterocycles. The van der Waals surface area contributed by atoms with E-state index in [1.54, 1.807) is 20.3 Å². The van der Waals surface area contributed by atoms with Gasteiger partial charge in [0.2, 0.25) is 0 Å². The lowest BCUT2D eigenvalue weighted by atomic mass is 10.0. The fraction of sp³-hybridized carbons (Fsp3) is 0.364. The second-order valence-electron chi connectivity index (χ2n) is 6.87. The maximum Gasteiger partial charge on any atom is 0.258 e. The normalized spacial score (nSPS) is 18.7. The van der Waals surface area contributed by atoms with Gasteiger partial charge in [-0.15, -0.1) is 0 Å². The molecule has 1 amide bonds. The fourth-order valence-electron chi connectivity index (χ4n) is 3.25. The van der Waals surface area contributed by atoms with Crippen LogP contribution in [0.2, 0.25) is 0 Å². The fourth-order valence-corrected chi connectivity index (χ4v) is 3.25. The third kappa shape index (κ3) is 5.08. The molecular weight excluding hydrogens is 384 g/mol. The first-order valence-corrected chi connectivity index (χ1v) is 9.86. The van der Waals surface area contributed by atoms with Crippen molar-refractivity contribution in [2.24, 2.45) is 5.10 Å². The van der Waals surface area contributed by atoms with Crippen LogP contribution in [-0.2, 0) is 4.79 Å². The minimum Gasteiger partial charge on any atom is -0.494 e. The van der Waals surface area contributed by atoms with Gasteiger partial charge in [0, 0.05) is 11.6 Å². The van der Waals surface area contributed by atoms with E-state index < -0.39 is 0 Å². The van der Waals surface area contributed by atoms with Crippen molar-refractivity contribution in [2.75, 3.05) is 20.8 Å². The summed E-state index contributed by atoms with van der Waals surface area (Å²) in [6.45, 7) is 4.41. The van der Waals surface area contributed by atoms with Crippen molar-refractivity contribution in [1.29, 1.82) is 0 Å². The van der Waals surface area contributed by atoms with Crippen molar-refractivity contribution in [3.05, 3.63) is 53.6 Å². The maximum atomic E-state index is 12.5. The number of amides is 1. The molecule has 0 spiro atoms. The first-order valence-electron chi connectivity index (χ1n) is 9.86. The van der Waals surface area contributed by atoms with E-state index >= 15 is 0 Å². The lowest BCUT2D eigenvalue weighted by molar-refractivity contribution is -0.122. The molecule has 0 aliphatic carbocycles. The number of ether oxygens (including phenoxy) is 3. The summed E-state index contributed by atoms with van der Waals surface area (Å²) in [5, 5.41) is 4.24. The Morgan fingerprint density at radius 2 is 1.83 bits per heavy atom. The van der Waals surface area contributed by atoms with Crippen molar-refractivity contribution in [1.82, 2.24) is 16.3 Å². The summed E-state index contributed by atoms with van der Waals surface area (Å²) >= 11 is 0. The molecule has 1 aliphatic rings. The molecule has 0 radical (unpaired) electrons. The van der Waals surface area contributed by atoms with E-state index in [-0.39, 0.29) is 18.0 Å². The van der Waals surface area contributed by atoms with Gasteiger partial charge in [0.15, 0.2) is 11.5 Å². The van der Waals surface area contributed by atoms with Gasteiger partial charge < -0.3 is 14.2 Å². The molecule has 8 nitrogen and oxygen atoms in total. The van der Waals surface area contributed by atoms with Gasteiger partial charge in [0.25, 0.3) is 5.91 Å². The van der Waals surface area contributed by atoms with E-state index in [2.05, 4.69) is 21.4 Å². The van der Waals surface area contributed by atoms with Gasteiger partial charge >= 0.3 is 0 Å². The average Bonchev–Trinajstić information content (AvgIpc) is 3.28. The summed E-state index contributed by atoms with van der Waals surface area (Å²) in [5.41, 5.74) is 11.4. The first-order chi connectivity index (χ1) is 14.5. The second kappa shape index (κ2) is 10.1. The third-order valence-electron chi connectivity index (χ3n) is 4.95. The van der Waals surface area contributed by atoms with Crippen molar-refractivity contribution >= 4 is 11.6 Å². The van der Waals surface area contributed by atoms with Crippen molar-refractivity contribution < 1.29 is 19.0 Å². The highest BCUT2D eigenvalue weighted by Gasteiger charge is 2.30. The predicted octanol–water partition coefficient (Wildman–Crippen LogP) is 2.55. The number of benzene rings is 2. The number of hydrogen-bond donors (Lipinski definition) is 3. The lowest BCUT2D eigenvalue weighted by Gasteiger charge is -2.11. The van der Waals surface area contributed by atoms with E-state index in [1.807, 2.05) is 50.2 Å². The van der Waals surface area contributed by atoms with Crippen LogP contribution in [-0.4, -0.2) is 38.5 Å². The molecule has 1 aliphatic heterocycles. The Hall–Kier alpha value is -3.10. The van der Waals surface area contributed by atoms with Crippen LogP contribution in [0.3, 0.4) is 0 Å². The SMILES string of the molecule is CCOc1ccc(C2CC(C(=O)N/N=C(\C)c3ccc(OC)c(OC)c3)NN2)cc1. The summed E-state index contributed by atoms with van der Waals surface area (Å²) in [6, 6.07) is 13.0. The molecule has 160 valence electrons. The Morgan fingerprint density at radius 1 is 1.10 bits per heavy atom. The predicted molar refractivity (Wildman–Crippen MR) is 115 cm³/mol. The zero-order chi connectivity index (χ0) is 21.5. The number of hydrazine groups is 1. The van der Waals surface area contributed by atoms with Gasteiger partial charge in [-0.25, -0.2) is 16.3 Å². The van der Waals surface area contributed by atoms with Gasteiger partial charge in [-0.05, 0) is 56.2 Å². The Kier molecular flexibility index (Phi) is 7.26. The number of methoxy groups -OCH3 is 2. The molecule has 0 saturated carbocycles. The summed E-state index contributed by atoms with van der Waals surface area (Å²) < 4.78 is 16.0. The molecule has 3 rings (SSSR count). The van der Waals surface area contributed by atoms with Gasteiger partial charge in [0.05, 0.1) is 26.5 Å². The highest BCUT2D eigenvalue weighted by molar-refractivity contribution is 6.00. The molecule has 2 unspecified atom stereocenters. The first kappa shape index (κ1) is 21.6. The Morgan fingerprint density at radius 3 is 2.50 bits per heavy atom. The van der Waals surface area contributed by atoms with Crippen LogP contribution in [0, 0.1) is 0 Å². The molecule has 1 heterocycles. The van der Waals surface area contributed by atoms with Crippen LogP contribution < -0.4 is 30.5 Å². The number of nitrogens with zero attached hydrogens (tertiary/aromatic N) is 1. The van der Waals surface area contributed by atoms with Crippen LogP contribution in [0.1, 0.15) is 37.4 Å². The molecule has 2 atom stereocenters. The maximum absolute atomic E-state index is 12.5. The summed E-state index contributed by atoms with van der Waals surface area (Å²) in [6.07, 6.45) is 0.616. The van der Waals surface area contributed by atoms with Crippen LogP contribution in [0.25, 0.3) is 0 Å². The zero-order valence-electron chi connectivity index (χ0n) is 17.7. The molecule has 30 heavy (non-hydrogen) atoms. The minimum atomic E-state index is -0.386. The van der Waals surface area contributed by atoms with Crippen molar-refractivity contribution in [3.8, 4) is 17.2 Å². The monoisotopic (exact) mass is 412 g/mol. The highest BCUT2D eigenvalue weighted by Crippen LogP contribution is 2.28. The smallest absolute Gasteiger partial charge is 0.258 e. The lowest BCUT2D eigenvalue weighted by Crippen LogP contribution is -2.41. The minimum absolute atomic E-state index is 0.0346. The van der Waals surface area contributed by atoms with E-state index in [0.29, 0.717) is 30.2 Å². The Labute approximate surface area is 176 Å². The Bertz CT molecular complexity index is 899. The van der Waals surface area contributed by atoms with Crippen LogP contribution in [0.4, 0.5) is 0 Å². The van der Waals surface area contributed by atoms with E-state index in [0.717, 1.165) is 16.9 Å². The third-order valence-corrected chi connectivity index (χ3v) is 4.95. The molecule has 8 heteroatoms. The number of carbonyl (C=O) groups excluding carboxylic acids is 1. The Balaban J connectivity index is 1.58. The quantitative estimate of drug-likeness (QED) is 0.456. The number of carbonyl (C=O) groups is 1. The molecular formula is C22H28N4O4. The van der Waals surface area contributed by atoms with Gasteiger partial charge in [-0.1, -0.05) is 12.1 Å². The molecule has 3 N–H and O–H groups in total. The molecule has 0 bridgehead atoms. The zero-order valence-corrected chi connectivity index (χ0v) is 17.7. The molecule has 1 saturated heterocycles. The van der Waals surface area contributed by atoms with Gasteiger partial charge in [0.1, 0.15) is 11.8 Å². The number of hydrogen-bond acceptors (Lipinski definition) is 7. The molecule has 2 aromatic rings. The number of nitrogens with one attached hydrogen (secondary N) is 3. The largest absolute Gasteiger partial charge is 0.494 e.